The number of aryl methyl sites for hydroxylation is 1. The zero-order chi connectivity index (χ0) is 29.2. The number of hydrogen-bond acceptors (Lipinski definition) is 8. The maximum absolute atomic E-state index is 6.19. The second-order valence-electron chi connectivity index (χ2n) is 12.3. The van der Waals surface area contributed by atoms with Crippen LogP contribution in [0.5, 0.6) is 5.75 Å². The standard InChI is InChI=1S/C34H42N6O3/c1-24-36-32-29(38-28-7-3-4-8-30(28)41-2)22-26(37-33(32)40(24)31-9-5-6-18-43-31)21-25-10-11-27(23-35-25)39-16-12-34(13-17-39)14-19-42-20-15-34/h3-4,7-8,10-11,22-23,31H,5-6,9,12-21H2,1-2H3,(H,37,38). The smallest absolute Gasteiger partial charge is 0.164 e. The first-order valence-corrected chi connectivity index (χ1v) is 15.8. The molecule has 1 N–H and O–H groups in total. The van der Waals surface area contributed by atoms with Gasteiger partial charge in [-0.1, -0.05) is 12.1 Å². The van der Waals surface area contributed by atoms with Crippen molar-refractivity contribution in [3.8, 4) is 5.75 Å². The number of nitrogens with zero attached hydrogens (tertiary/aromatic N) is 5. The van der Waals surface area contributed by atoms with E-state index in [0.717, 1.165) is 97.7 Å². The molecule has 3 saturated heterocycles. The number of aromatic nitrogens is 4. The molecule has 1 spiro atoms. The van der Waals surface area contributed by atoms with E-state index in [1.54, 1.807) is 7.11 Å². The minimum Gasteiger partial charge on any atom is -0.495 e. The van der Waals surface area contributed by atoms with Crippen molar-refractivity contribution in [1.29, 1.82) is 0 Å². The number of anilines is 3. The van der Waals surface area contributed by atoms with Crippen LogP contribution in [0.3, 0.4) is 0 Å². The van der Waals surface area contributed by atoms with Gasteiger partial charge < -0.3 is 24.4 Å². The van der Waals surface area contributed by atoms with Gasteiger partial charge in [-0.15, -0.1) is 0 Å². The van der Waals surface area contributed by atoms with Gasteiger partial charge in [0.05, 0.1) is 36.1 Å². The number of piperidine rings is 1. The van der Waals surface area contributed by atoms with Crippen LogP contribution in [-0.4, -0.2) is 59.5 Å². The van der Waals surface area contributed by atoms with E-state index in [1.807, 2.05) is 37.4 Å². The molecule has 0 aliphatic carbocycles. The zero-order valence-corrected chi connectivity index (χ0v) is 25.3. The van der Waals surface area contributed by atoms with Crippen LogP contribution in [0.15, 0.2) is 48.7 Å². The van der Waals surface area contributed by atoms with Gasteiger partial charge in [-0.3, -0.25) is 9.55 Å². The summed E-state index contributed by atoms with van der Waals surface area (Å²) in [5.74, 6) is 1.68. The first-order valence-electron chi connectivity index (χ1n) is 15.8. The van der Waals surface area contributed by atoms with Crippen molar-refractivity contribution in [3.05, 3.63) is 65.9 Å². The number of imidazole rings is 1. The Hall–Kier alpha value is -3.69. The van der Waals surface area contributed by atoms with E-state index in [-0.39, 0.29) is 6.23 Å². The molecule has 9 nitrogen and oxygen atoms in total. The van der Waals surface area contributed by atoms with E-state index in [9.17, 15) is 0 Å². The molecule has 9 heteroatoms. The largest absolute Gasteiger partial charge is 0.495 e. The average Bonchev–Trinajstić information content (AvgIpc) is 3.39. The van der Waals surface area contributed by atoms with Crippen LogP contribution in [0.2, 0.25) is 0 Å². The van der Waals surface area contributed by atoms with Crippen LogP contribution in [0.1, 0.15) is 68.4 Å². The molecule has 7 rings (SSSR count). The number of benzene rings is 1. The van der Waals surface area contributed by atoms with Gasteiger partial charge in [0.1, 0.15) is 23.3 Å². The molecule has 0 saturated carbocycles. The van der Waals surface area contributed by atoms with E-state index in [1.165, 1.54) is 31.4 Å². The normalized spacial score (nSPS) is 20.4. The van der Waals surface area contributed by atoms with Crippen molar-refractivity contribution in [2.45, 2.75) is 64.5 Å². The molecular formula is C34H42N6O3. The molecule has 3 fully saturated rings. The fourth-order valence-corrected chi connectivity index (χ4v) is 7.01. The van der Waals surface area contributed by atoms with Crippen LogP contribution in [0, 0.1) is 12.3 Å². The molecular weight excluding hydrogens is 540 g/mol. The van der Waals surface area contributed by atoms with E-state index >= 15 is 0 Å². The minimum absolute atomic E-state index is 0.0529. The molecule has 3 aromatic heterocycles. The predicted octanol–water partition coefficient (Wildman–Crippen LogP) is 6.57. The highest BCUT2D eigenvalue weighted by molar-refractivity contribution is 5.89. The summed E-state index contributed by atoms with van der Waals surface area (Å²) in [5, 5.41) is 3.60. The molecule has 0 amide bonds. The predicted molar refractivity (Wildman–Crippen MR) is 168 cm³/mol. The van der Waals surface area contributed by atoms with Gasteiger partial charge in [0.15, 0.2) is 5.65 Å². The fraction of sp³-hybridized carbons (Fsp3) is 0.500. The lowest BCUT2D eigenvalue weighted by atomic mass is 9.72. The number of methoxy groups -OCH3 is 1. The highest BCUT2D eigenvalue weighted by Crippen LogP contribution is 2.41. The zero-order valence-electron chi connectivity index (χ0n) is 25.3. The van der Waals surface area contributed by atoms with E-state index < -0.39 is 0 Å². The van der Waals surface area contributed by atoms with Crippen LogP contribution in [-0.2, 0) is 15.9 Å². The molecule has 3 aliphatic heterocycles. The van der Waals surface area contributed by atoms with Crippen LogP contribution < -0.4 is 15.0 Å². The van der Waals surface area contributed by atoms with Crippen molar-refractivity contribution in [2.24, 2.45) is 5.41 Å². The second kappa shape index (κ2) is 12.1. The van der Waals surface area contributed by atoms with Crippen LogP contribution in [0.4, 0.5) is 17.1 Å². The van der Waals surface area contributed by atoms with Gasteiger partial charge in [0.25, 0.3) is 0 Å². The SMILES string of the molecule is COc1ccccc1Nc1cc(Cc2ccc(N3CCC4(CCOCC4)CC3)cn2)nc2c1nc(C)n2C1CCCCO1. The lowest BCUT2D eigenvalue weighted by molar-refractivity contribution is -0.0309. The van der Waals surface area contributed by atoms with Crippen molar-refractivity contribution in [3.63, 3.8) is 0 Å². The Morgan fingerprint density at radius 1 is 0.953 bits per heavy atom. The average molecular weight is 583 g/mol. The Kier molecular flexibility index (Phi) is 7.93. The Labute approximate surface area is 253 Å². The Morgan fingerprint density at radius 2 is 1.79 bits per heavy atom. The monoisotopic (exact) mass is 582 g/mol. The molecule has 3 aliphatic rings. The molecule has 4 aromatic rings. The third-order valence-corrected chi connectivity index (χ3v) is 9.61. The quantitative estimate of drug-likeness (QED) is 0.262. The molecule has 0 radical (unpaired) electrons. The summed E-state index contributed by atoms with van der Waals surface area (Å²) >= 11 is 0. The molecule has 1 atom stereocenters. The Bertz CT molecular complexity index is 1550. The highest BCUT2D eigenvalue weighted by Gasteiger charge is 2.36. The van der Waals surface area contributed by atoms with Crippen molar-refractivity contribution < 1.29 is 14.2 Å². The Morgan fingerprint density at radius 3 is 2.53 bits per heavy atom. The molecule has 0 bridgehead atoms. The van der Waals surface area contributed by atoms with Crippen LogP contribution >= 0.6 is 0 Å². The molecule has 1 aromatic carbocycles. The lowest BCUT2D eigenvalue weighted by Crippen LogP contribution is -2.43. The van der Waals surface area contributed by atoms with E-state index in [0.29, 0.717) is 11.8 Å². The maximum atomic E-state index is 6.19. The third kappa shape index (κ3) is 5.80. The van der Waals surface area contributed by atoms with Crippen molar-refractivity contribution in [2.75, 3.05) is 50.2 Å². The maximum Gasteiger partial charge on any atom is 0.164 e. The number of fused-ring (bicyclic) bond motifs is 1. The summed E-state index contributed by atoms with van der Waals surface area (Å²) < 4.78 is 19.6. The molecule has 226 valence electrons. The van der Waals surface area contributed by atoms with Crippen molar-refractivity contribution >= 4 is 28.2 Å². The molecule has 6 heterocycles. The fourth-order valence-electron chi connectivity index (χ4n) is 7.01. The first-order chi connectivity index (χ1) is 21.1. The van der Waals surface area contributed by atoms with Gasteiger partial charge in [-0.2, -0.15) is 0 Å². The summed E-state index contributed by atoms with van der Waals surface area (Å²) in [6.45, 7) is 6.81. The van der Waals surface area contributed by atoms with Gasteiger partial charge in [0, 0.05) is 45.0 Å². The number of pyridine rings is 2. The summed E-state index contributed by atoms with van der Waals surface area (Å²) in [4.78, 5) is 17.5. The van der Waals surface area contributed by atoms with Crippen LogP contribution in [0.25, 0.3) is 11.2 Å². The second-order valence-corrected chi connectivity index (χ2v) is 12.3. The lowest BCUT2D eigenvalue weighted by Gasteiger charge is -2.44. The summed E-state index contributed by atoms with van der Waals surface area (Å²) in [5.41, 5.74) is 7.06. The number of nitrogens with one attached hydrogen (secondary N) is 1. The van der Waals surface area contributed by atoms with Gasteiger partial charge >= 0.3 is 0 Å². The minimum atomic E-state index is -0.0529. The van der Waals surface area contributed by atoms with Gasteiger partial charge in [0.2, 0.25) is 0 Å². The molecule has 43 heavy (non-hydrogen) atoms. The topological polar surface area (TPSA) is 86.6 Å². The highest BCUT2D eigenvalue weighted by atomic mass is 16.5. The Balaban J connectivity index is 1.16. The summed E-state index contributed by atoms with van der Waals surface area (Å²) in [6.07, 6.45) is 10.7. The number of para-hydroxylation sites is 2. The third-order valence-electron chi connectivity index (χ3n) is 9.61. The van der Waals surface area contributed by atoms with E-state index in [2.05, 4.69) is 33.0 Å². The summed E-state index contributed by atoms with van der Waals surface area (Å²) in [6, 6.07) is 14.4. The van der Waals surface area contributed by atoms with E-state index in [4.69, 9.17) is 29.2 Å². The van der Waals surface area contributed by atoms with Gasteiger partial charge in [-0.05, 0) is 87.6 Å². The van der Waals surface area contributed by atoms with Gasteiger partial charge in [-0.25, -0.2) is 9.97 Å². The number of hydrogen-bond donors (Lipinski definition) is 1. The molecule has 1 unspecified atom stereocenters. The first kappa shape index (κ1) is 28.1. The number of rotatable bonds is 7. The number of ether oxygens (including phenoxy) is 3. The van der Waals surface area contributed by atoms with Crippen molar-refractivity contribution in [1.82, 2.24) is 19.5 Å². The summed E-state index contributed by atoms with van der Waals surface area (Å²) in [7, 11) is 1.69.